The lowest BCUT2D eigenvalue weighted by atomic mass is 9.96. The summed E-state index contributed by atoms with van der Waals surface area (Å²) in [6, 6.07) is 15.9. The molecule has 0 spiro atoms. The molecule has 0 bridgehead atoms. The Morgan fingerprint density at radius 1 is 0.969 bits per heavy atom. The van der Waals surface area contributed by atoms with Gasteiger partial charge in [0, 0.05) is 43.7 Å². The SMILES string of the molecule is CC(F)(F)c1ccc(N2CCN(C(=O)C3CCS(=O)(=O)CC3)C(c3ccccc3)C2)cc1. The van der Waals surface area contributed by atoms with Gasteiger partial charge >= 0.3 is 0 Å². The van der Waals surface area contributed by atoms with Crippen LogP contribution in [0.5, 0.6) is 0 Å². The lowest BCUT2D eigenvalue weighted by Gasteiger charge is -2.44. The molecule has 2 saturated heterocycles. The molecule has 1 atom stereocenters. The molecule has 0 N–H and O–H groups in total. The maximum atomic E-state index is 13.6. The van der Waals surface area contributed by atoms with Crippen molar-refractivity contribution in [2.75, 3.05) is 36.0 Å². The summed E-state index contributed by atoms with van der Waals surface area (Å²) in [5.41, 5.74) is 1.82. The van der Waals surface area contributed by atoms with E-state index in [0.29, 0.717) is 32.5 Å². The molecule has 1 amide bonds. The Labute approximate surface area is 187 Å². The summed E-state index contributed by atoms with van der Waals surface area (Å²) >= 11 is 0. The third-order valence-electron chi connectivity index (χ3n) is 6.49. The highest BCUT2D eigenvalue weighted by Gasteiger charge is 2.37. The van der Waals surface area contributed by atoms with Crippen LogP contribution in [-0.2, 0) is 20.6 Å². The number of anilines is 1. The number of hydrogen-bond acceptors (Lipinski definition) is 4. The van der Waals surface area contributed by atoms with Gasteiger partial charge < -0.3 is 9.80 Å². The molecule has 2 aromatic carbocycles. The van der Waals surface area contributed by atoms with E-state index in [4.69, 9.17) is 0 Å². The Kier molecular flexibility index (Phi) is 6.25. The monoisotopic (exact) mass is 462 g/mol. The lowest BCUT2D eigenvalue weighted by Crippen LogP contribution is -2.53. The second-order valence-corrected chi connectivity index (χ2v) is 11.1. The zero-order valence-electron chi connectivity index (χ0n) is 18.1. The largest absolute Gasteiger partial charge is 0.367 e. The maximum Gasteiger partial charge on any atom is 0.270 e. The van der Waals surface area contributed by atoms with Gasteiger partial charge in [0.2, 0.25) is 5.91 Å². The summed E-state index contributed by atoms with van der Waals surface area (Å²) in [6.07, 6.45) is 0.741. The standard InChI is InChI=1S/C24H28F2N2O3S/c1-24(25,26)20-7-9-21(10-8-20)27-13-14-28(22(17-27)18-5-3-2-4-6-18)23(29)19-11-15-32(30,31)16-12-19/h2-10,19,22H,11-17H2,1H3. The molecular weight excluding hydrogens is 434 g/mol. The predicted molar refractivity (Wildman–Crippen MR) is 120 cm³/mol. The first kappa shape index (κ1) is 22.7. The molecule has 0 saturated carbocycles. The van der Waals surface area contributed by atoms with Crippen LogP contribution in [0.1, 0.15) is 36.9 Å². The van der Waals surface area contributed by atoms with E-state index in [1.54, 1.807) is 12.1 Å². The number of sulfone groups is 1. The second-order valence-electron chi connectivity index (χ2n) is 8.77. The van der Waals surface area contributed by atoms with Crippen molar-refractivity contribution in [1.82, 2.24) is 4.90 Å². The van der Waals surface area contributed by atoms with E-state index in [2.05, 4.69) is 4.90 Å². The van der Waals surface area contributed by atoms with Gasteiger partial charge in [0.15, 0.2) is 0 Å². The van der Waals surface area contributed by atoms with Crippen molar-refractivity contribution in [3.05, 3.63) is 65.7 Å². The van der Waals surface area contributed by atoms with E-state index >= 15 is 0 Å². The number of benzene rings is 2. The molecule has 4 rings (SSSR count). The molecule has 0 aliphatic carbocycles. The minimum absolute atomic E-state index is 0.00868. The first-order valence-corrected chi connectivity index (χ1v) is 12.8. The number of nitrogens with zero attached hydrogens (tertiary/aromatic N) is 2. The fourth-order valence-corrected chi connectivity index (χ4v) is 6.07. The Hall–Kier alpha value is -2.48. The second kappa shape index (κ2) is 8.81. The normalized spacial score (nSPS) is 22.0. The fourth-order valence-electron chi connectivity index (χ4n) is 4.58. The number of halogens is 2. The van der Waals surface area contributed by atoms with Gasteiger partial charge in [-0.1, -0.05) is 42.5 Å². The minimum Gasteiger partial charge on any atom is -0.367 e. The van der Waals surface area contributed by atoms with Gasteiger partial charge in [-0.15, -0.1) is 0 Å². The molecule has 172 valence electrons. The van der Waals surface area contributed by atoms with Gasteiger partial charge in [-0.3, -0.25) is 4.79 Å². The Morgan fingerprint density at radius 3 is 2.19 bits per heavy atom. The van der Waals surface area contributed by atoms with Crippen molar-refractivity contribution in [3.8, 4) is 0 Å². The van der Waals surface area contributed by atoms with Crippen LogP contribution < -0.4 is 4.90 Å². The van der Waals surface area contributed by atoms with Gasteiger partial charge in [0.1, 0.15) is 9.84 Å². The topological polar surface area (TPSA) is 57.7 Å². The highest BCUT2D eigenvalue weighted by Crippen LogP contribution is 2.33. The number of alkyl halides is 2. The van der Waals surface area contributed by atoms with Crippen LogP contribution >= 0.6 is 0 Å². The summed E-state index contributed by atoms with van der Waals surface area (Å²) in [5.74, 6) is -3.03. The van der Waals surface area contributed by atoms with E-state index in [1.807, 2.05) is 35.2 Å². The molecule has 2 aliphatic rings. The van der Waals surface area contributed by atoms with E-state index < -0.39 is 15.8 Å². The van der Waals surface area contributed by atoms with Crippen LogP contribution in [0.3, 0.4) is 0 Å². The number of piperazine rings is 1. The molecule has 0 radical (unpaired) electrons. The van der Waals surface area contributed by atoms with E-state index in [-0.39, 0.29) is 34.9 Å². The zero-order valence-corrected chi connectivity index (χ0v) is 18.9. The van der Waals surface area contributed by atoms with E-state index in [9.17, 15) is 22.0 Å². The smallest absolute Gasteiger partial charge is 0.270 e. The number of hydrogen-bond donors (Lipinski definition) is 0. The van der Waals surface area contributed by atoms with Crippen LogP contribution in [0.25, 0.3) is 0 Å². The van der Waals surface area contributed by atoms with Gasteiger partial charge in [-0.2, -0.15) is 0 Å². The molecule has 1 unspecified atom stereocenters. The highest BCUT2D eigenvalue weighted by atomic mass is 32.2. The Balaban J connectivity index is 1.55. The predicted octanol–water partition coefficient (Wildman–Crippen LogP) is 4.01. The molecule has 32 heavy (non-hydrogen) atoms. The number of rotatable bonds is 4. The molecule has 2 fully saturated rings. The van der Waals surface area contributed by atoms with E-state index in [0.717, 1.165) is 18.2 Å². The van der Waals surface area contributed by atoms with Crippen molar-refractivity contribution in [3.63, 3.8) is 0 Å². The Morgan fingerprint density at radius 2 is 1.59 bits per heavy atom. The molecule has 8 heteroatoms. The first-order chi connectivity index (χ1) is 15.1. The molecule has 2 heterocycles. The highest BCUT2D eigenvalue weighted by molar-refractivity contribution is 7.91. The zero-order chi connectivity index (χ0) is 22.9. The quantitative estimate of drug-likeness (QED) is 0.689. The summed E-state index contributed by atoms with van der Waals surface area (Å²) in [7, 11) is -3.04. The summed E-state index contributed by atoms with van der Waals surface area (Å²) < 4.78 is 50.7. The third-order valence-corrected chi connectivity index (χ3v) is 8.21. The number of carbonyl (C=O) groups is 1. The van der Waals surface area contributed by atoms with Crippen molar-refractivity contribution in [1.29, 1.82) is 0 Å². The Bertz CT molecular complexity index is 1040. The lowest BCUT2D eigenvalue weighted by molar-refractivity contribution is -0.138. The molecular formula is C24H28F2N2O3S. The minimum atomic E-state index is -3.04. The van der Waals surface area contributed by atoms with Gasteiger partial charge in [-0.25, -0.2) is 17.2 Å². The van der Waals surface area contributed by atoms with Crippen LogP contribution in [0, 0.1) is 5.92 Å². The number of carbonyl (C=O) groups excluding carboxylic acids is 1. The fraction of sp³-hybridized carbons (Fsp3) is 0.458. The van der Waals surface area contributed by atoms with Crippen LogP contribution in [0.2, 0.25) is 0 Å². The van der Waals surface area contributed by atoms with Gasteiger partial charge in [0.05, 0.1) is 17.5 Å². The first-order valence-electron chi connectivity index (χ1n) is 10.9. The van der Waals surface area contributed by atoms with Crippen LogP contribution in [0.4, 0.5) is 14.5 Å². The van der Waals surface area contributed by atoms with Crippen molar-refractivity contribution < 1.29 is 22.0 Å². The van der Waals surface area contributed by atoms with Crippen molar-refractivity contribution in [2.45, 2.75) is 31.7 Å². The molecule has 0 aromatic heterocycles. The van der Waals surface area contributed by atoms with E-state index in [1.165, 1.54) is 12.1 Å². The van der Waals surface area contributed by atoms with Gasteiger partial charge in [-0.05, 0) is 30.5 Å². The average Bonchev–Trinajstić information content (AvgIpc) is 2.78. The summed E-state index contributed by atoms with van der Waals surface area (Å²) in [5, 5.41) is 0. The van der Waals surface area contributed by atoms with Crippen LogP contribution in [0.15, 0.2) is 54.6 Å². The summed E-state index contributed by atoms with van der Waals surface area (Å²) in [6.45, 7) is 2.51. The molecule has 2 aromatic rings. The van der Waals surface area contributed by atoms with Crippen molar-refractivity contribution >= 4 is 21.4 Å². The van der Waals surface area contributed by atoms with Crippen molar-refractivity contribution in [2.24, 2.45) is 5.92 Å². The molecule has 2 aliphatic heterocycles. The average molecular weight is 463 g/mol. The van der Waals surface area contributed by atoms with Gasteiger partial charge in [0.25, 0.3) is 5.92 Å². The maximum absolute atomic E-state index is 13.6. The molecule has 5 nitrogen and oxygen atoms in total. The number of amides is 1. The summed E-state index contributed by atoms with van der Waals surface area (Å²) in [4.78, 5) is 17.4. The van der Waals surface area contributed by atoms with Crippen LogP contribution in [-0.4, -0.2) is 50.4 Å². The third kappa shape index (κ3) is 4.95.